The summed E-state index contributed by atoms with van der Waals surface area (Å²) >= 11 is 1.28. The highest BCUT2D eigenvalue weighted by Gasteiger charge is 2.36. The largest absolute Gasteiger partial charge is 0.493 e. The van der Waals surface area contributed by atoms with Crippen LogP contribution in [-0.4, -0.2) is 47.3 Å². The van der Waals surface area contributed by atoms with Crippen LogP contribution in [0.3, 0.4) is 0 Å². The fourth-order valence-corrected chi connectivity index (χ4v) is 4.97. The molecule has 192 valence electrons. The first-order chi connectivity index (χ1) is 18.4. The number of hydrazone groups is 1. The van der Waals surface area contributed by atoms with Gasteiger partial charge in [0.2, 0.25) is 5.17 Å². The van der Waals surface area contributed by atoms with Gasteiger partial charge in [-0.3, -0.25) is 10.2 Å². The fraction of sp³-hybridized carbons (Fsp3) is 0.172. The first kappa shape index (κ1) is 25.3. The molecule has 2 heterocycles. The molecule has 5 rings (SSSR count). The van der Waals surface area contributed by atoms with Gasteiger partial charge in [-0.2, -0.15) is 15.1 Å². The molecule has 0 aliphatic carbocycles. The highest BCUT2D eigenvalue weighted by molar-refractivity contribution is 8.27. The number of fused-ring (bicyclic) bond motifs is 1. The molecule has 0 fully saturated rings. The van der Waals surface area contributed by atoms with Gasteiger partial charge in [0.1, 0.15) is 24.0 Å². The molecule has 0 saturated carbocycles. The smallest absolute Gasteiger partial charge is 0.283 e. The van der Waals surface area contributed by atoms with Crippen molar-refractivity contribution in [3.63, 3.8) is 0 Å². The minimum atomic E-state index is -0.484. The summed E-state index contributed by atoms with van der Waals surface area (Å²) in [6, 6.07) is 21.0. The monoisotopic (exact) mass is 526 g/mol. The number of aliphatic imine (C=N–C) groups is 1. The average Bonchev–Trinajstić information content (AvgIpc) is 3.33. The lowest BCUT2D eigenvalue weighted by molar-refractivity contribution is -0.114. The van der Waals surface area contributed by atoms with E-state index < -0.39 is 5.91 Å². The van der Waals surface area contributed by atoms with Crippen LogP contribution < -0.4 is 14.2 Å². The predicted octanol–water partition coefficient (Wildman–Crippen LogP) is 5.44. The summed E-state index contributed by atoms with van der Waals surface area (Å²) in [6.45, 7) is 4.72. The Kier molecular flexibility index (Phi) is 7.28. The summed E-state index contributed by atoms with van der Waals surface area (Å²) in [4.78, 5) is 17.0. The Hall–Kier alpha value is -4.37. The number of benzene rings is 3. The van der Waals surface area contributed by atoms with E-state index in [2.05, 4.69) is 10.1 Å². The zero-order chi connectivity index (χ0) is 26.6. The molecule has 0 atom stereocenters. The van der Waals surface area contributed by atoms with Crippen LogP contribution in [0.5, 0.6) is 17.2 Å². The lowest BCUT2D eigenvalue weighted by Crippen LogP contribution is -2.35. The van der Waals surface area contributed by atoms with E-state index >= 15 is 0 Å². The van der Waals surface area contributed by atoms with Crippen LogP contribution >= 0.6 is 11.8 Å². The third-order valence-corrected chi connectivity index (χ3v) is 6.87. The number of rotatable bonds is 8. The molecule has 0 saturated heterocycles. The Morgan fingerprint density at radius 3 is 2.58 bits per heavy atom. The van der Waals surface area contributed by atoms with Crippen molar-refractivity contribution in [2.75, 3.05) is 20.3 Å². The Bertz CT molecular complexity index is 1510. The van der Waals surface area contributed by atoms with Crippen molar-refractivity contribution in [3.05, 3.63) is 94.6 Å². The standard InChI is InChI=1S/C29H26N4O4S/c1-18-7-6-9-21(15-18)36-13-14-37-24-12-11-20(17-25(24)35-3)16-23-26(30)33-29(31-27(23)34)38-28(32-33)22-10-5-4-8-19(22)2/h4-12,15-17,30H,13-14H2,1-3H3. The first-order valence-corrected chi connectivity index (χ1v) is 12.8. The molecule has 3 aromatic rings. The number of carbonyl (C=O) groups excluding carboxylic acids is 1. The number of amides is 1. The summed E-state index contributed by atoms with van der Waals surface area (Å²) in [5.41, 5.74) is 3.95. The number of ether oxygens (including phenoxy) is 3. The molecule has 0 unspecified atom stereocenters. The van der Waals surface area contributed by atoms with E-state index in [1.54, 1.807) is 31.4 Å². The maximum Gasteiger partial charge on any atom is 0.283 e. The number of amidine groups is 2. The van der Waals surface area contributed by atoms with E-state index in [0.29, 0.717) is 40.5 Å². The third kappa shape index (κ3) is 5.33. The van der Waals surface area contributed by atoms with Gasteiger partial charge in [0.25, 0.3) is 5.91 Å². The normalized spacial score (nSPS) is 15.8. The molecule has 0 aromatic heterocycles. The molecular formula is C29H26N4O4S. The molecule has 0 radical (unpaired) electrons. The molecule has 38 heavy (non-hydrogen) atoms. The molecule has 0 bridgehead atoms. The summed E-state index contributed by atoms with van der Waals surface area (Å²) in [5.74, 6) is 1.34. The van der Waals surface area contributed by atoms with Crippen molar-refractivity contribution in [1.29, 1.82) is 5.41 Å². The number of aryl methyl sites for hydroxylation is 2. The second kappa shape index (κ2) is 10.9. The SMILES string of the molecule is COc1cc(C=C2C(=N)N3N=C(c4ccccc4C)SC3=NC2=O)ccc1OCCOc1cccc(C)c1. The van der Waals surface area contributed by atoms with E-state index in [4.69, 9.17) is 19.6 Å². The Balaban J connectivity index is 1.29. The lowest BCUT2D eigenvalue weighted by atomic mass is 10.1. The molecule has 1 N–H and O–H groups in total. The zero-order valence-corrected chi connectivity index (χ0v) is 22.0. The van der Waals surface area contributed by atoms with Crippen LogP contribution in [-0.2, 0) is 4.79 Å². The number of hydrogen-bond donors (Lipinski definition) is 1. The Labute approximate surface area is 225 Å². The number of methoxy groups -OCH3 is 1. The maximum absolute atomic E-state index is 12.8. The van der Waals surface area contributed by atoms with E-state index in [1.807, 2.05) is 62.4 Å². The van der Waals surface area contributed by atoms with Gasteiger partial charge in [-0.15, -0.1) is 0 Å². The number of nitrogens with one attached hydrogen (secondary N) is 1. The quantitative estimate of drug-likeness (QED) is 0.310. The van der Waals surface area contributed by atoms with Crippen LogP contribution in [0.4, 0.5) is 0 Å². The van der Waals surface area contributed by atoms with Crippen LogP contribution in [0.1, 0.15) is 22.3 Å². The van der Waals surface area contributed by atoms with Crippen molar-refractivity contribution in [3.8, 4) is 17.2 Å². The van der Waals surface area contributed by atoms with Crippen LogP contribution in [0.2, 0.25) is 0 Å². The van der Waals surface area contributed by atoms with E-state index in [9.17, 15) is 4.79 Å². The first-order valence-electron chi connectivity index (χ1n) is 12.0. The van der Waals surface area contributed by atoms with Crippen molar-refractivity contribution >= 4 is 39.8 Å². The van der Waals surface area contributed by atoms with E-state index in [-0.39, 0.29) is 11.4 Å². The number of thioether (sulfide) groups is 1. The molecule has 0 spiro atoms. The van der Waals surface area contributed by atoms with Gasteiger partial charge < -0.3 is 14.2 Å². The van der Waals surface area contributed by atoms with Gasteiger partial charge in [-0.1, -0.05) is 42.5 Å². The predicted molar refractivity (Wildman–Crippen MR) is 150 cm³/mol. The highest BCUT2D eigenvalue weighted by Crippen LogP contribution is 2.33. The van der Waals surface area contributed by atoms with Crippen molar-refractivity contribution < 1.29 is 19.0 Å². The highest BCUT2D eigenvalue weighted by atomic mass is 32.2. The minimum Gasteiger partial charge on any atom is -0.493 e. The second-order valence-corrected chi connectivity index (χ2v) is 9.62. The van der Waals surface area contributed by atoms with Gasteiger partial charge in [0.05, 0.1) is 12.7 Å². The third-order valence-electron chi connectivity index (χ3n) is 5.93. The number of carbonyl (C=O) groups is 1. The minimum absolute atomic E-state index is 0.0244. The fourth-order valence-electron chi connectivity index (χ4n) is 3.99. The Morgan fingerprint density at radius 1 is 0.974 bits per heavy atom. The lowest BCUT2D eigenvalue weighted by Gasteiger charge is -2.20. The van der Waals surface area contributed by atoms with Gasteiger partial charge in [-0.05, 0) is 72.6 Å². The maximum atomic E-state index is 12.8. The molecular weight excluding hydrogens is 500 g/mol. The van der Waals surface area contributed by atoms with E-state index in [1.165, 1.54) is 16.8 Å². The molecule has 8 nitrogen and oxygen atoms in total. The summed E-state index contributed by atoms with van der Waals surface area (Å²) in [6.07, 6.45) is 1.62. The van der Waals surface area contributed by atoms with Gasteiger partial charge in [0, 0.05) is 5.56 Å². The molecule has 2 aliphatic heterocycles. The van der Waals surface area contributed by atoms with E-state index in [0.717, 1.165) is 22.4 Å². The summed E-state index contributed by atoms with van der Waals surface area (Å²) < 4.78 is 17.1. The van der Waals surface area contributed by atoms with Crippen LogP contribution in [0.15, 0.2) is 82.4 Å². The molecule has 9 heteroatoms. The van der Waals surface area contributed by atoms with Gasteiger partial charge in [0.15, 0.2) is 17.3 Å². The molecule has 1 amide bonds. The van der Waals surface area contributed by atoms with Crippen LogP contribution in [0.25, 0.3) is 6.08 Å². The van der Waals surface area contributed by atoms with Crippen molar-refractivity contribution in [2.24, 2.45) is 10.1 Å². The van der Waals surface area contributed by atoms with Gasteiger partial charge >= 0.3 is 0 Å². The molecule has 3 aromatic carbocycles. The summed E-state index contributed by atoms with van der Waals surface area (Å²) in [7, 11) is 1.55. The van der Waals surface area contributed by atoms with Crippen molar-refractivity contribution in [2.45, 2.75) is 13.8 Å². The average molecular weight is 527 g/mol. The van der Waals surface area contributed by atoms with Crippen molar-refractivity contribution in [1.82, 2.24) is 5.01 Å². The molecule has 2 aliphatic rings. The number of nitrogens with zero attached hydrogens (tertiary/aromatic N) is 3. The zero-order valence-electron chi connectivity index (χ0n) is 21.2. The van der Waals surface area contributed by atoms with Gasteiger partial charge in [-0.25, -0.2) is 0 Å². The van der Waals surface area contributed by atoms with Crippen LogP contribution in [0, 0.1) is 19.3 Å². The number of hydrogen-bond acceptors (Lipinski definition) is 7. The second-order valence-electron chi connectivity index (χ2n) is 8.66. The summed E-state index contributed by atoms with van der Waals surface area (Å²) in [5, 5.41) is 15.7. The topological polar surface area (TPSA) is 96.6 Å². The Morgan fingerprint density at radius 2 is 1.79 bits per heavy atom.